The number of carbonyl (C=O) groups is 2. The molecule has 0 saturated carbocycles. The van der Waals surface area contributed by atoms with Crippen LogP contribution in [0.5, 0.6) is 0 Å². The fourth-order valence-electron chi connectivity index (χ4n) is 1.03. The van der Waals surface area contributed by atoms with Gasteiger partial charge in [-0.2, -0.15) is 0 Å². The molecule has 1 aromatic carbocycles. The lowest BCUT2D eigenvalue weighted by molar-refractivity contribution is -0.114. The Labute approximate surface area is 81.7 Å². The van der Waals surface area contributed by atoms with Crippen LogP contribution in [0.3, 0.4) is 0 Å². The van der Waals surface area contributed by atoms with Crippen LogP contribution in [-0.4, -0.2) is 17.6 Å². The van der Waals surface area contributed by atoms with Crippen LogP contribution in [0.15, 0.2) is 36.5 Å². The van der Waals surface area contributed by atoms with Crippen LogP contribution in [-0.2, 0) is 9.59 Å². The van der Waals surface area contributed by atoms with Crippen molar-refractivity contribution in [2.45, 2.75) is 6.42 Å². The first kappa shape index (κ1) is 10.2. The summed E-state index contributed by atoms with van der Waals surface area (Å²) in [7, 11) is 0. The summed E-state index contributed by atoms with van der Waals surface area (Å²) in [6.07, 6.45) is 3.10. The van der Waals surface area contributed by atoms with Gasteiger partial charge in [-0.3, -0.25) is 0 Å². The van der Waals surface area contributed by atoms with Crippen LogP contribution in [0.2, 0.25) is 0 Å². The summed E-state index contributed by atoms with van der Waals surface area (Å²) >= 11 is 0. The summed E-state index contributed by atoms with van der Waals surface area (Å²) in [6, 6.07) is 10.3. The molecule has 1 aromatic heterocycles. The van der Waals surface area contributed by atoms with E-state index in [1.807, 2.05) is 18.3 Å². The van der Waals surface area contributed by atoms with Crippen molar-refractivity contribution in [3.8, 4) is 0 Å². The van der Waals surface area contributed by atoms with E-state index in [0.717, 1.165) is 0 Å². The molecule has 14 heavy (non-hydrogen) atoms. The van der Waals surface area contributed by atoms with E-state index in [1.54, 1.807) is 0 Å². The van der Waals surface area contributed by atoms with Crippen molar-refractivity contribution < 1.29 is 9.59 Å². The molecule has 0 fully saturated rings. The Morgan fingerprint density at radius 1 is 1.07 bits per heavy atom. The Bertz CT molecular complexity index is 370. The average Bonchev–Trinajstić information content (AvgIpc) is 2.67. The molecule has 0 spiro atoms. The average molecular weight is 189 g/mol. The Kier molecular flexibility index (Phi) is 4.14. The Balaban J connectivity index is 0.000000171. The van der Waals surface area contributed by atoms with E-state index in [-0.39, 0.29) is 6.42 Å². The molecule has 0 unspecified atom stereocenters. The number of hydrogen-bond acceptors (Lipinski definition) is 2. The third kappa shape index (κ3) is 2.86. The quantitative estimate of drug-likeness (QED) is 0.579. The maximum absolute atomic E-state index is 9.17. The van der Waals surface area contributed by atoms with Crippen LogP contribution in [0.4, 0.5) is 0 Å². The van der Waals surface area contributed by atoms with Crippen LogP contribution in [0.1, 0.15) is 6.42 Å². The minimum Gasteiger partial charge on any atom is -0.361 e. The predicted octanol–water partition coefficient (Wildman–Crippen LogP) is 1.94. The number of rotatable bonds is 2. The van der Waals surface area contributed by atoms with Crippen LogP contribution >= 0.6 is 0 Å². The molecule has 2 aromatic rings. The smallest absolute Gasteiger partial charge is 0.127 e. The number of aldehydes is 2. The van der Waals surface area contributed by atoms with Crippen molar-refractivity contribution in [3.05, 3.63) is 36.5 Å². The number of fused-ring (bicyclic) bond motifs is 1. The summed E-state index contributed by atoms with van der Waals surface area (Å²) in [5, 5.41) is 1.28. The second-order valence-electron chi connectivity index (χ2n) is 2.63. The Hall–Kier alpha value is -1.90. The molecule has 1 N–H and O–H groups in total. The first-order valence-electron chi connectivity index (χ1n) is 4.28. The van der Waals surface area contributed by atoms with Crippen molar-refractivity contribution in [2.75, 3.05) is 0 Å². The fourth-order valence-corrected chi connectivity index (χ4v) is 1.03. The molecule has 0 radical (unpaired) electrons. The standard InChI is InChI=1S/C8H7N.C3H4O2/c1-2-4-8-7(3-1)5-6-9-8;4-2-1-3-5/h1-6,9H;2-3H,1H2. The number of aromatic nitrogens is 1. The molecule has 3 nitrogen and oxygen atoms in total. The molecule has 0 aliphatic heterocycles. The van der Waals surface area contributed by atoms with Gasteiger partial charge in [0.05, 0.1) is 6.42 Å². The second-order valence-corrected chi connectivity index (χ2v) is 2.63. The number of para-hydroxylation sites is 1. The largest absolute Gasteiger partial charge is 0.361 e. The lowest BCUT2D eigenvalue weighted by Gasteiger charge is -1.83. The van der Waals surface area contributed by atoms with Gasteiger partial charge in [-0.1, -0.05) is 18.2 Å². The number of hydrogen-bond donors (Lipinski definition) is 1. The first-order valence-corrected chi connectivity index (χ1v) is 4.28. The van der Waals surface area contributed by atoms with E-state index in [0.29, 0.717) is 12.6 Å². The number of nitrogens with one attached hydrogen (secondary N) is 1. The lowest BCUT2D eigenvalue weighted by Crippen LogP contribution is -1.69. The van der Waals surface area contributed by atoms with E-state index in [1.165, 1.54) is 10.9 Å². The Morgan fingerprint density at radius 2 is 1.79 bits per heavy atom. The molecule has 0 aliphatic carbocycles. The van der Waals surface area contributed by atoms with Gasteiger partial charge in [-0.15, -0.1) is 0 Å². The summed E-state index contributed by atoms with van der Waals surface area (Å²) in [5.41, 5.74) is 1.21. The summed E-state index contributed by atoms with van der Waals surface area (Å²) < 4.78 is 0. The van der Waals surface area contributed by atoms with E-state index in [9.17, 15) is 9.59 Å². The summed E-state index contributed by atoms with van der Waals surface area (Å²) in [6.45, 7) is 0. The molecular formula is C11H11NO2. The third-order valence-corrected chi connectivity index (χ3v) is 1.65. The molecule has 0 amide bonds. The van der Waals surface area contributed by atoms with E-state index < -0.39 is 0 Å². The van der Waals surface area contributed by atoms with Gasteiger partial charge in [0.2, 0.25) is 0 Å². The van der Waals surface area contributed by atoms with Crippen molar-refractivity contribution in [3.63, 3.8) is 0 Å². The topological polar surface area (TPSA) is 49.9 Å². The van der Waals surface area contributed by atoms with Gasteiger partial charge in [0, 0.05) is 11.7 Å². The van der Waals surface area contributed by atoms with E-state index in [4.69, 9.17) is 0 Å². The first-order chi connectivity index (χ1) is 6.88. The van der Waals surface area contributed by atoms with Crippen molar-refractivity contribution in [2.24, 2.45) is 0 Å². The predicted molar refractivity (Wildman–Crippen MR) is 55.0 cm³/mol. The zero-order chi connectivity index (χ0) is 10.2. The zero-order valence-corrected chi connectivity index (χ0v) is 7.64. The van der Waals surface area contributed by atoms with Gasteiger partial charge in [0.1, 0.15) is 12.6 Å². The lowest BCUT2D eigenvalue weighted by atomic mass is 10.3. The van der Waals surface area contributed by atoms with Gasteiger partial charge in [0.15, 0.2) is 0 Å². The highest BCUT2D eigenvalue weighted by Crippen LogP contribution is 2.09. The van der Waals surface area contributed by atoms with Crippen molar-refractivity contribution >= 4 is 23.5 Å². The zero-order valence-electron chi connectivity index (χ0n) is 7.64. The summed E-state index contributed by atoms with van der Waals surface area (Å²) in [5.74, 6) is 0. The number of benzene rings is 1. The van der Waals surface area contributed by atoms with Gasteiger partial charge in [-0.25, -0.2) is 0 Å². The van der Waals surface area contributed by atoms with E-state index >= 15 is 0 Å². The normalized spacial score (nSPS) is 8.86. The molecular weight excluding hydrogens is 178 g/mol. The van der Waals surface area contributed by atoms with Crippen LogP contribution in [0, 0.1) is 0 Å². The van der Waals surface area contributed by atoms with Gasteiger partial charge in [0.25, 0.3) is 0 Å². The fraction of sp³-hybridized carbons (Fsp3) is 0.0909. The highest BCUT2D eigenvalue weighted by molar-refractivity contribution is 5.78. The maximum atomic E-state index is 9.17. The highest BCUT2D eigenvalue weighted by atomic mass is 16.1. The molecule has 0 saturated heterocycles. The molecule has 1 heterocycles. The van der Waals surface area contributed by atoms with Gasteiger partial charge in [-0.05, 0) is 17.5 Å². The summed E-state index contributed by atoms with van der Waals surface area (Å²) in [4.78, 5) is 21.5. The molecule has 0 bridgehead atoms. The minimum atomic E-state index is 0.0278. The SMILES string of the molecule is O=CCC=O.c1ccc2[nH]ccc2c1. The van der Waals surface area contributed by atoms with Crippen LogP contribution < -0.4 is 0 Å². The second kappa shape index (κ2) is 5.70. The number of carbonyl (C=O) groups excluding carboxylic acids is 2. The monoisotopic (exact) mass is 189 g/mol. The van der Waals surface area contributed by atoms with Gasteiger partial charge >= 0.3 is 0 Å². The highest BCUT2D eigenvalue weighted by Gasteiger charge is 1.86. The number of aromatic amines is 1. The molecule has 0 atom stereocenters. The maximum Gasteiger partial charge on any atom is 0.127 e. The molecule has 3 heteroatoms. The molecule has 2 rings (SSSR count). The van der Waals surface area contributed by atoms with Crippen LogP contribution in [0.25, 0.3) is 10.9 Å². The van der Waals surface area contributed by atoms with Crippen molar-refractivity contribution in [1.29, 1.82) is 0 Å². The third-order valence-electron chi connectivity index (χ3n) is 1.65. The number of H-pyrrole nitrogens is 1. The molecule has 72 valence electrons. The Morgan fingerprint density at radius 3 is 2.36 bits per heavy atom. The molecule has 0 aliphatic rings. The van der Waals surface area contributed by atoms with Crippen molar-refractivity contribution in [1.82, 2.24) is 4.98 Å². The van der Waals surface area contributed by atoms with E-state index in [2.05, 4.69) is 23.2 Å². The minimum absolute atomic E-state index is 0.0278. The van der Waals surface area contributed by atoms with Gasteiger partial charge < -0.3 is 14.6 Å².